The maximum absolute atomic E-state index is 13.5. The fraction of sp³-hybridized carbons (Fsp3) is 0.320. The Hall–Kier alpha value is -3.65. The van der Waals surface area contributed by atoms with Crippen LogP contribution in [-0.2, 0) is 22.4 Å². The topological polar surface area (TPSA) is 76.9 Å². The van der Waals surface area contributed by atoms with Crippen LogP contribution in [0.25, 0.3) is 5.69 Å². The first-order valence-corrected chi connectivity index (χ1v) is 11.3. The predicted octanol–water partition coefficient (Wildman–Crippen LogP) is 2.76. The fourth-order valence-electron chi connectivity index (χ4n) is 4.77. The highest BCUT2D eigenvalue weighted by atomic mass is 16.5. The molecule has 3 aromatic rings. The van der Waals surface area contributed by atoms with Gasteiger partial charge in [0.05, 0.1) is 31.1 Å². The molecule has 1 aromatic heterocycles. The zero-order valence-corrected chi connectivity index (χ0v) is 18.4. The minimum absolute atomic E-state index is 0.00413. The summed E-state index contributed by atoms with van der Waals surface area (Å²) in [6, 6.07) is 13.5. The molecular formula is C25H24N4O4. The lowest BCUT2D eigenvalue weighted by Gasteiger charge is -2.32. The van der Waals surface area contributed by atoms with E-state index >= 15 is 0 Å². The minimum atomic E-state index is -0.0747. The Morgan fingerprint density at radius 2 is 1.70 bits per heavy atom. The highest BCUT2D eigenvalue weighted by molar-refractivity contribution is 6.07. The van der Waals surface area contributed by atoms with Crippen molar-refractivity contribution in [1.82, 2.24) is 9.78 Å². The van der Waals surface area contributed by atoms with E-state index in [2.05, 4.69) is 11.2 Å². The van der Waals surface area contributed by atoms with Gasteiger partial charge in [0.15, 0.2) is 0 Å². The van der Waals surface area contributed by atoms with Crippen LogP contribution in [0.2, 0.25) is 0 Å². The van der Waals surface area contributed by atoms with Gasteiger partial charge in [-0.15, -0.1) is 0 Å². The highest BCUT2D eigenvalue weighted by Crippen LogP contribution is 2.31. The van der Waals surface area contributed by atoms with Crippen LogP contribution in [0.15, 0.2) is 48.7 Å². The fourth-order valence-corrected chi connectivity index (χ4v) is 4.77. The van der Waals surface area contributed by atoms with E-state index in [1.165, 1.54) is 0 Å². The summed E-state index contributed by atoms with van der Waals surface area (Å²) in [6.45, 7) is 3.84. The molecule has 3 aliphatic rings. The highest BCUT2D eigenvalue weighted by Gasteiger charge is 2.31. The zero-order valence-electron chi connectivity index (χ0n) is 18.4. The van der Waals surface area contributed by atoms with Crippen molar-refractivity contribution in [3.63, 3.8) is 0 Å². The minimum Gasteiger partial charge on any atom is -0.493 e. The normalized spacial score (nSPS) is 20.0. The van der Waals surface area contributed by atoms with Crippen molar-refractivity contribution in [2.24, 2.45) is 0 Å². The molecule has 0 spiro atoms. The smallest absolute Gasteiger partial charge is 0.277 e. The lowest BCUT2D eigenvalue weighted by atomic mass is 10.1. The molecule has 0 bridgehead atoms. The molecule has 33 heavy (non-hydrogen) atoms. The molecular weight excluding hydrogens is 420 g/mol. The Bertz CT molecular complexity index is 1250. The molecule has 8 heteroatoms. The number of morpholine rings is 1. The third-order valence-electron chi connectivity index (χ3n) is 6.52. The lowest BCUT2D eigenvalue weighted by Crippen LogP contribution is -2.45. The van der Waals surface area contributed by atoms with Gasteiger partial charge < -0.3 is 19.3 Å². The van der Waals surface area contributed by atoms with Crippen molar-refractivity contribution < 1.29 is 19.1 Å². The van der Waals surface area contributed by atoms with Gasteiger partial charge in [-0.1, -0.05) is 0 Å². The third-order valence-corrected chi connectivity index (χ3v) is 6.52. The number of carbonyl (C=O) groups excluding carboxylic acids is 2. The first-order valence-electron chi connectivity index (χ1n) is 11.3. The summed E-state index contributed by atoms with van der Waals surface area (Å²) in [5.74, 6) is 0.776. The SMILES string of the molecule is CC1CN(c2ccc(N3CCc4cnn(-c5ccc6c(c5)CCO6)c4C3=O)cc2)C(=O)CO1. The van der Waals surface area contributed by atoms with Gasteiger partial charge in [-0.3, -0.25) is 9.59 Å². The van der Waals surface area contributed by atoms with Crippen molar-refractivity contribution >= 4 is 23.2 Å². The average molecular weight is 444 g/mol. The Kier molecular flexibility index (Phi) is 4.69. The van der Waals surface area contributed by atoms with Crippen LogP contribution in [0.1, 0.15) is 28.5 Å². The van der Waals surface area contributed by atoms with Crippen molar-refractivity contribution in [2.75, 3.05) is 36.1 Å². The molecule has 0 N–H and O–H groups in total. The van der Waals surface area contributed by atoms with Crippen LogP contribution in [0.3, 0.4) is 0 Å². The van der Waals surface area contributed by atoms with Crippen LogP contribution >= 0.6 is 0 Å². The second kappa shape index (κ2) is 7.74. The number of aromatic nitrogens is 2. The number of nitrogens with zero attached hydrogens (tertiary/aromatic N) is 4. The van der Waals surface area contributed by atoms with E-state index in [1.807, 2.05) is 43.3 Å². The number of hydrogen-bond acceptors (Lipinski definition) is 5. The summed E-state index contributed by atoms with van der Waals surface area (Å²) in [6.07, 6.45) is 3.39. The van der Waals surface area contributed by atoms with Crippen LogP contribution < -0.4 is 14.5 Å². The van der Waals surface area contributed by atoms with Crippen LogP contribution in [0, 0.1) is 0 Å². The molecule has 0 aliphatic carbocycles. The first-order chi connectivity index (χ1) is 16.1. The summed E-state index contributed by atoms with van der Waals surface area (Å²) in [5.41, 5.74) is 5.18. The molecule has 1 atom stereocenters. The van der Waals surface area contributed by atoms with Crippen molar-refractivity contribution in [3.05, 3.63) is 65.5 Å². The van der Waals surface area contributed by atoms with Gasteiger partial charge in [0, 0.05) is 29.9 Å². The molecule has 2 amide bonds. The van der Waals surface area contributed by atoms with Gasteiger partial charge in [-0.05, 0) is 61.4 Å². The number of carbonyl (C=O) groups is 2. The van der Waals surface area contributed by atoms with Crippen LogP contribution in [-0.4, -0.2) is 54.0 Å². The van der Waals surface area contributed by atoms with Gasteiger partial charge in [-0.25, -0.2) is 4.68 Å². The molecule has 0 radical (unpaired) electrons. The molecule has 0 saturated carbocycles. The van der Waals surface area contributed by atoms with E-state index in [0.29, 0.717) is 25.4 Å². The Morgan fingerprint density at radius 1 is 0.939 bits per heavy atom. The number of anilines is 2. The second-order valence-corrected chi connectivity index (χ2v) is 8.67. The number of fused-ring (bicyclic) bond motifs is 2. The molecule has 4 heterocycles. The van der Waals surface area contributed by atoms with Gasteiger partial charge >= 0.3 is 0 Å². The van der Waals surface area contributed by atoms with Gasteiger partial charge in [0.1, 0.15) is 18.1 Å². The van der Waals surface area contributed by atoms with E-state index in [-0.39, 0.29) is 24.5 Å². The average Bonchev–Trinajstić information content (AvgIpc) is 3.48. The zero-order chi connectivity index (χ0) is 22.5. The summed E-state index contributed by atoms with van der Waals surface area (Å²) < 4.78 is 12.8. The van der Waals surface area contributed by atoms with Gasteiger partial charge in [0.25, 0.3) is 11.8 Å². The van der Waals surface area contributed by atoms with E-state index in [1.54, 1.807) is 20.7 Å². The number of rotatable bonds is 3. The van der Waals surface area contributed by atoms with E-state index in [9.17, 15) is 9.59 Å². The maximum atomic E-state index is 13.5. The van der Waals surface area contributed by atoms with Crippen molar-refractivity contribution in [2.45, 2.75) is 25.9 Å². The van der Waals surface area contributed by atoms with E-state index in [4.69, 9.17) is 9.47 Å². The number of benzene rings is 2. The number of amides is 2. The lowest BCUT2D eigenvalue weighted by molar-refractivity contribution is -0.128. The van der Waals surface area contributed by atoms with Crippen LogP contribution in [0.5, 0.6) is 5.75 Å². The monoisotopic (exact) mass is 444 g/mol. The summed E-state index contributed by atoms with van der Waals surface area (Å²) in [7, 11) is 0. The predicted molar refractivity (Wildman–Crippen MR) is 122 cm³/mol. The van der Waals surface area contributed by atoms with Gasteiger partial charge in [-0.2, -0.15) is 5.10 Å². The Balaban J connectivity index is 1.28. The summed E-state index contributed by atoms with van der Waals surface area (Å²) >= 11 is 0. The molecule has 1 fully saturated rings. The quantitative estimate of drug-likeness (QED) is 0.621. The molecule has 1 saturated heterocycles. The molecule has 1 unspecified atom stereocenters. The third kappa shape index (κ3) is 3.38. The number of hydrogen-bond donors (Lipinski definition) is 0. The Morgan fingerprint density at radius 3 is 2.52 bits per heavy atom. The molecule has 8 nitrogen and oxygen atoms in total. The Labute approximate surface area is 191 Å². The van der Waals surface area contributed by atoms with Gasteiger partial charge in [0.2, 0.25) is 0 Å². The van der Waals surface area contributed by atoms with Crippen molar-refractivity contribution in [1.29, 1.82) is 0 Å². The standard InChI is InChI=1S/C25H24N4O4/c1-16-14-28(23(30)15-33-16)20-4-2-19(3-5-20)27-10-8-18-13-26-29(24(18)25(27)31)21-6-7-22-17(12-21)9-11-32-22/h2-7,12-13,16H,8-11,14-15H2,1H3. The molecule has 2 aromatic carbocycles. The first kappa shape index (κ1) is 20.0. The van der Waals surface area contributed by atoms with E-state index < -0.39 is 0 Å². The maximum Gasteiger partial charge on any atom is 0.277 e. The molecule has 6 rings (SSSR count). The summed E-state index contributed by atoms with van der Waals surface area (Å²) in [5, 5.41) is 4.54. The largest absolute Gasteiger partial charge is 0.493 e. The number of ether oxygens (including phenoxy) is 2. The molecule has 3 aliphatic heterocycles. The van der Waals surface area contributed by atoms with E-state index in [0.717, 1.165) is 46.8 Å². The second-order valence-electron chi connectivity index (χ2n) is 8.67. The van der Waals surface area contributed by atoms with Crippen LogP contribution in [0.4, 0.5) is 11.4 Å². The molecule has 168 valence electrons. The summed E-state index contributed by atoms with van der Waals surface area (Å²) in [4.78, 5) is 29.3. The van der Waals surface area contributed by atoms with Crippen molar-refractivity contribution in [3.8, 4) is 11.4 Å².